The quantitative estimate of drug-likeness (QED) is 0.113. The molecule has 3 saturated heterocycles. The molecule has 4 heterocycles. The Bertz CT molecular complexity index is 2530. The largest absolute Gasteiger partial charge is 0.417 e. The summed E-state index contributed by atoms with van der Waals surface area (Å²) in [7, 11) is 4.33. The van der Waals surface area contributed by atoms with Gasteiger partial charge in [-0.3, -0.25) is 14.7 Å². The number of aliphatic imine (C=N–C) groups is 1. The molecule has 0 bridgehead atoms. The number of carbonyl (C=O) groups is 1. The molecule has 1 spiro atoms. The van der Waals surface area contributed by atoms with Crippen LogP contribution in [0.2, 0.25) is 5.02 Å². The minimum absolute atomic E-state index is 0.0425. The number of benzene rings is 1. The predicted octanol–water partition coefficient (Wildman–Crippen LogP) is 14.3. The highest BCUT2D eigenvalue weighted by atomic mass is 35.5. The Morgan fingerprint density at radius 1 is 0.804 bits per heavy atom. The highest BCUT2D eigenvalue weighted by Gasteiger charge is 2.55. The molecule has 0 radical (unpaired) electrons. The maximum atomic E-state index is 14.9. The van der Waals surface area contributed by atoms with E-state index in [4.69, 9.17) is 16.6 Å². The highest BCUT2D eigenvalue weighted by Crippen LogP contribution is 2.41. The molecule has 13 nitrogen and oxygen atoms in total. The molecule has 7 rings (SSSR count). The maximum Gasteiger partial charge on any atom is 0.417 e. The minimum atomic E-state index is -4.52. The molecule has 0 aromatic heterocycles. The smallest absolute Gasteiger partial charge is 0.390 e. The van der Waals surface area contributed by atoms with Crippen LogP contribution in [0.3, 0.4) is 0 Å². The van der Waals surface area contributed by atoms with Crippen LogP contribution in [0.25, 0.3) is 0 Å². The van der Waals surface area contributed by atoms with Crippen LogP contribution in [-0.2, 0) is 17.4 Å². The van der Waals surface area contributed by atoms with Crippen molar-refractivity contribution < 1.29 is 18.0 Å². The molecule has 1 aromatic carbocycles. The van der Waals surface area contributed by atoms with Gasteiger partial charge in [0.2, 0.25) is 5.91 Å². The Balaban J connectivity index is 1.22. The van der Waals surface area contributed by atoms with Crippen LogP contribution in [-0.4, -0.2) is 162 Å². The average Bonchev–Trinajstić information content (AvgIpc) is 0.827. The fourth-order valence-electron chi connectivity index (χ4n) is 16.6. The fourth-order valence-corrected chi connectivity index (χ4v) is 16.9. The van der Waals surface area contributed by atoms with Crippen LogP contribution in [0, 0.1) is 35.5 Å². The lowest BCUT2D eigenvalue weighted by molar-refractivity contribution is -0.162. The number of amides is 1. The lowest BCUT2D eigenvalue weighted by Crippen LogP contribution is -2.76. The first-order valence-corrected chi connectivity index (χ1v) is 37.1. The van der Waals surface area contributed by atoms with Crippen molar-refractivity contribution in [1.82, 2.24) is 56.4 Å². The molecular weight excluding hydrogens is 1180 g/mol. The topological polar surface area (TPSA) is 118 Å². The highest BCUT2D eigenvalue weighted by molar-refractivity contribution is 6.31. The molecule has 2 saturated carbocycles. The zero-order chi connectivity index (χ0) is 66.7. The first kappa shape index (κ1) is 75.7. The van der Waals surface area contributed by atoms with E-state index in [1.807, 2.05) is 24.7 Å². The lowest BCUT2D eigenvalue weighted by atomic mass is 9.74. The standard InChI is InChI=1S/C75H128ClF3N12O/c1-15-55(8)68-47-84-67(43-52(2)3)56(9)83-48-70-71(73(92)89-39-22-17-23-40-89)59(12)91(70)72(54(6)7)58(11)86-74(33-20-21-34-74)51-81-37-36-80-35-32-62(30-28-61-29-31-65(66(76)46-61)75(77,78)79)82-38-42-87(13)49-64(45-60-25-18-16-19-26-60)88(14)50-63-27-24-41-90(63)69(44-53(4)5)57(10)85-68/h29,31-32,35,38,42,46,49-50,52-60,67-72,80-81,83-86H,15-28,30,33-34,36-37,39-41,43-45,47-48,51H2,1-14H3/t55-,56?,57?,58?,59?,67-,68+,69-,70?,71-,72-/m0/s1. The zero-order valence-corrected chi connectivity index (χ0v) is 60.5. The van der Waals surface area contributed by atoms with Crippen molar-refractivity contribution in [1.29, 1.82) is 0 Å². The summed E-state index contributed by atoms with van der Waals surface area (Å²) in [6, 6.07) is 5.97. The predicted molar refractivity (Wildman–Crippen MR) is 379 cm³/mol. The Labute approximate surface area is 562 Å². The van der Waals surface area contributed by atoms with Gasteiger partial charge in [0.15, 0.2) is 0 Å². The molecule has 1 amide bonds. The first-order valence-electron chi connectivity index (χ1n) is 36.8. The van der Waals surface area contributed by atoms with Crippen LogP contribution in [0.1, 0.15) is 216 Å². The zero-order valence-electron chi connectivity index (χ0n) is 59.8. The molecule has 4 aliphatic heterocycles. The Morgan fingerprint density at radius 3 is 2.17 bits per heavy atom. The lowest BCUT2D eigenvalue weighted by Gasteiger charge is -2.60. The van der Waals surface area contributed by atoms with E-state index in [1.165, 1.54) is 74.9 Å². The van der Waals surface area contributed by atoms with Gasteiger partial charge >= 0.3 is 6.18 Å². The third kappa shape index (κ3) is 21.9. The molecule has 6 N–H and O–H groups in total. The van der Waals surface area contributed by atoms with Gasteiger partial charge in [-0.2, -0.15) is 13.2 Å². The van der Waals surface area contributed by atoms with Crippen molar-refractivity contribution in [2.75, 3.05) is 66.5 Å². The van der Waals surface area contributed by atoms with Crippen molar-refractivity contribution in [3.05, 3.63) is 82.8 Å². The van der Waals surface area contributed by atoms with Gasteiger partial charge < -0.3 is 51.5 Å². The summed E-state index contributed by atoms with van der Waals surface area (Å²) in [4.78, 5) is 32.1. The molecule has 92 heavy (non-hydrogen) atoms. The second kappa shape index (κ2) is 36.6. The SMILES string of the molecule is CC[C@H](C)[C@H]1CN[C@@H](CC(C)C)C(C)NCC2[C@@H](C(=O)N3CCCCC3)C(C)N2[C@@H](C(C)C)C(C)NC2(CCCC2)CNCCNC=CC(CCc2ccc(C(F)(F)F)c(Cl)c2)=NC=CN(C)C=C(CC2CCCCC2)N(C)C=C2CCCN2[C@@H](CC(C)C)C(C)N1. The van der Waals surface area contributed by atoms with Crippen LogP contribution in [0.4, 0.5) is 13.2 Å². The summed E-state index contributed by atoms with van der Waals surface area (Å²) in [5.41, 5.74) is 3.35. The number of hydrogen-bond acceptors (Lipinski definition) is 12. The summed E-state index contributed by atoms with van der Waals surface area (Å²) in [5, 5.41) is 24.1. The molecule has 5 unspecified atom stereocenters. The summed E-state index contributed by atoms with van der Waals surface area (Å²) in [6.07, 6.45) is 29.8. The molecule has 17 heteroatoms. The van der Waals surface area contributed by atoms with Gasteiger partial charge in [0.05, 0.1) is 16.5 Å². The molecule has 11 atom stereocenters. The molecule has 6 aliphatic rings. The summed E-state index contributed by atoms with van der Waals surface area (Å²) >= 11 is 6.22. The van der Waals surface area contributed by atoms with Crippen molar-refractivity contribution in [3.63, 3.8) is 0 Å². The number of alkyl halides is 3. The van der Waals surface area contributed by atoms with Crippen molar-refractivity contribution in [2.45, 2.75) is 278 Å². The number of nitrogens with zero attached hydrogens (tertiary/aromatic N) is 6. The van der Waals surface area contributed by atoms with Crippen molar-refractivity contribution in [2.24, 2.45) is 40.5 Å². The van der Waals surface area contributed by atoms with Gasteiger partial charge in [-0.1, -0.05) is 124 Å². The van der Waals surface area contributed by atoms with Crippen LogP contribution in [0.15, 0.2) is 71.7 Å². The number of likely N-dealkylation sites (tertiary alicyclic amines) is 1. The number of piperidine rings is 1. The molecule has 522 valence electrons. The number of fused-ring (bicyclic) bond motifs is 2. The van der Waals surface area contributed by atoms with Gasteiger partial charge in [-0.05, 0) is 164 Å². The van der Waals surface area contributed by atoms with E-state index in [-0.39, 0.29) is 64.8 Å². The Hall–Kier alpha value is -3.64. The van der Waals surface area contributed by atoms with E-state index in [9.17, 15) is 18.0 Å². The second-order valence-electron chi connectivity index (χ2n) is 30.5. The van der Waals surface area contributed by atoms with Gasteiger partial charge in [0.25, 0.3) is 0 Å². The average molecular weight is 1310 g/mol. The van der Waals surface area contributed by atoms with E-state index in [0.717, 1.165) is 127 Å². The number of aryl methyl sites for hydroxylation is 1. The maximum absolute atomic E-state index is 14.9. The molecule has 2 aliphatic carbocycles. The first-order chi connectivity index (χ1) is 43.9. The number of halogens is 4. The minimum Gasteiger partial charge on any atom is -0.390 e. The molecule has 5 fully saturated rings. The van der Waals surface area contributed by atoms with Crippen LogP contribution >= 0.6 is 11.6 Å². The van der Waals surface area contributed by atoms with Gasteiger partial charge in [0, 0.05) is 168 Å². The number of rotatable bonds is 13. The van der Waals surface area contributed by atoms with Crippen LogP contribution < -0.4 is 31.9 Å². The summed E-state index contributed by atoms with van der Waals surface area (Å²) in [6.45, 7) is 35.4. The van der Waals surface area contributed by atoms with E-state index in [1.54, 1.807) is 0 Å². The Morgan fingerprint density at radius 2 is 1.51 bits per heavy atom. The van der Waals surface area contributed by atoms with Gasteiger partial charge in [-0.25, -0.2) is 0 Å². The number of hydrogen-bond donors (Lipinski definition) is 6. The molecular formula is C75H128ClF3N12O. The Kier molecular flexibility index (Phi) is 30.2. The van der Waals surface area contributed by atoms with Crippen molar-refractivity contribution in [3.8, 4) is 0 Å². The van der Waals surface area contributed by atoms with Crippen LogP contribution in [0.5, 0.6) is 0 Å². The van der Waals surface area contributed by atoms with Gasteiger partial charge in [-0.15, -0.1) is 0 Å². The summed E-state index contributed by atoms with van der Waals surface area (Å²) in [5.74, 6) is 2.80. The van der Waals surface area contributed by atoms with E-state index >= 15 is 0 Å². The second-order valence-corrected chi connectivity index (χ2v) is 30.9. The van der Waals surface area contributed by atoms with Crippen molar-refractivity contribution >= 4 is 23.2 Å². The van der Waals surface area contributed by atoms with Gasteiger partial charge in [0.1, 0.15) is 0 Å². The number of nitrogens with one attached hydrogen (secondary N) is 6. The molecule has 1 aromatic rings. The third-order valence-electron chi connectivity index (χ3n) is 21.9. The van der Waals surface area contributed by atoms with E-state index in [2.05, 4.69) is 166 Å². The third-order valence-corrected chi connectivity index (χ3v) is 22.2. The number of carbonyl (C=O) groups excluding carboxylic acids is 1. The fraction of sp³-hybridized carbons (Fsp3) is 0.787. The normalized spacial score (nSPS) is 29.6. The van der Waals surface area contributed by atoms with E-state index in [0.29, 0.717) is 60.9 Å². The van der Waals surface area contributed by atoms with E-state index < -0.39 is 11.7 Å². The summed E-state index contributed by atoms with van der Waals surface area (Å²) < 4.78 is 41.1. The number of allylic oxidation sites excluding steroid dienone is 3. The monoisotopic (exact) mass is 1300 g/mol.